The van der Waals surface area contributed by atoms with E-state index in [9.17, 15) is 39.6 Å². The molecular weight excluding hydrogens is 476 g/mol. The lowest BCUT2D eigenvalue weighted by molar-refractivity contribution is -0.136. The Hall–Kier alpha value is -2.13. The maximum absolute atomic E-state index is 12.8. The summed E-state index contributed by atoms with van der Waals surface area (Å²) in [4.78, 5) is 18.0. The molecule has 0 bridgehead atoms. The largest absolute Gasteiger partial charge is 0.511 e. The number of thiophene rings is 1. The monoisotopic (exact) mass is 491 g/mol. The fraction of sp³-hybridized carbons (Fsp3) is 0.500. The Balaban J connectivity index is 1.57. The minimum Gasteiger partial charge on any atom is -0.361 e. The van der Waals surface area contributed by atoms with E-state index in [0.29, 0.717) is 15.7 Å². The molecule has 0 radical (unpaired) electrons. The predicted octanol–water partition coefficient (Wildman–Crippen LogP) is 3.05. The molecule has 0 aromatic carbocycles. The average Bonchev–Trinajstić information content (AvgIpc) is 3.28. The number of carbonyl (C=O) groups excluding carboxylic acids is 1. The lowest BCUT2D eigenvalue weighted by atomic mass is 10.1. The molecule has 1 saturated heterocycles. The number of oxime groups is 1. The number of allylic oxidation sites excluding steroid dienone is 1. The highest BCUT2D eigenvalue weighted by Crippen LogP contribution is 2.32. The number of aryl methyl sites for hydroxylation is 1. The summed E-state index contributed by atoms with van der Waals surface area (Å²) >= 11 is 1.28. The first-order chi connectivity index (χ1) is 14.3. The molecule has 0 atom stereocenters. The molecular formula is C16H15F6N3O4S2. The summed E-state index contributed by atoms with van der Waals surface area (Å²) in [5.74, 6) is -1.18. The third-order valence-corrected chi connectivity index (χ3v) is 7.37. The molecule has 1 aromatic heterocycles. The van der Waals surface area contributed by atoms with E-state index >= 15 is 0 Å². The fourth-order valence-electron chi connectivity index (χ4n) is 2.99. The van der Waals surface area contributed by atoms with Gasteiger partial charge in [-0.2, -0.15) is 30.6 Å². The van der Waals surface area contributed by atoms with Crippen molar-refractivity contribution in [2.24, 2.45) is 5.16 Å². The normalized spacial score (nSPS) is 20.3. The number of halogens is 6. The SMILES string of the molecule is O=C1ON=C(C(F)(F)F)/C1=C/CCc1ccc(N2CCN(S(=O)(=O)C(F)(F)F)CC2)s1. The van der Waals surface area contributed by atoms with Crippen molar-refractivity contribution >= 4 is 38.0 Å². The number of alkyl halides is 6. The van der Waals surface area contributed by atoms with E-state index in [0.717, 1.165) is 11.0 Å². The summed E-state index contributed by atoms with van der Waals surface area (Å²) in [5.41, 5.74) is -7.37. The van der Waals surface area contributed by atoms with Gasteiger partial charge in [0.05, 0.1) is 10.6 Å². The molecule has 0 amide bonds. The summed E-state index contributed by atoms with van der Waals surface area (Å²) in [5, 5.41) is 3.45. The maximum atomic E-state index is 12.8. The topological polar surface area (TPSA) is 79.3 Å². The van der Waals surface area contributed by atoms with Crippen LogP contribution in [0.2, 0.25) is 0 Å². The van der Waals surface area contributed by atoms with E-state index in [1.54, 1.807) is 17.0 Å². The van der Waals surface area contributed by atoms with Crippen LogP contribution in [0.3, 0.4) is 0 Å². The Morgan fingerprint density at radius 3 is 2.32 bits per heavy atom. The Labute approximate surface area is 176 Å². The molecule has 0 spiro atoms. The molecule has 3 rings (SSSR count). The Kier molecular flexibility index (Phi) is 6.40. The van der Waals surface area contributed by atoms with Crippen LogP contribution in [0.5, 0.6) is 0 Å². The first-order valence-corrected chi connectivity index (χ1v) is 11.0. The zero-order valence-electron chi connectivity index (χ0n) is 15.5. The molecule has 31 heavy (non-hydrogen) atoms. The van der Waals surface area contributed by atoms with Crippen molar-refractivity contribution in [2.45, 2.75) is 24.5 Å². The van der Waals surface area contributed by atoms with Gasteiger partial charge in [-0.15, -0.1) is 11.3 Å². The first kappa shape index (κ1) is 23.5. The lowest BCUT2D eigenvalue weighted by Crippen LogP contribution is -2.51. The van der Waals surface area contributed by atoms with E-state index < -0.39 is 39.0 Å². The van der Waals surface area contributed by atoms with Crippen molar-refractivity contribution in [1.29, 1.82) is 0 Å². The summed E-state index contributed by atoms with van der Waals surface area (Å²) in [6, 6.07) is 3.41. The predicted molar refractivity (Wildman–Crippen MR) is 99.1 cm³/mol. The van der Waals surface area contributed by atoms with Crippen LogP contribution in [0, 0.1) is 0 Å². The van der Waals surface area contributed by atoms with Crippen molar-refractivity contribution in [3.8, 4) is 0 Å². The van der Waals surface area contributed by atoms with Crippen LogP contribution in [0.15, 0.2) is 28.9 Å². The van der Waals surface area contributed by atoms with E-state index in [1.165, 1.54) is 11.3 Å². The van der Waals surface area contributed by atoms with Gasteiger partial charge in [0.25, 0.3) is 0 Å². The Bertz CT molecular complexity index is 1010. The standard InChI is InChI=1S/C16H15F6N3O4S2/c17-15(18,19)13-11(14(26)29-23-13)3-1-2-10-4-5-12(30-10)24-6-8-25(9-7-24)31(27,28)16(20,21)22/h3-5H,1-2,6-9H2/b11-3-. The van der Waals surface area contributed by atoms with Gasteiger partial charge in [0.2, 0.25) is 0 Å². The summed E-state index contributed by atoms with van der Waals surface area (Å²) in [7, 11) is -5.36. The van der Waals surface area contributed by atoms with E-state index in [4.69, 9.17) is 0 Å². The van der Waals surface area contributed by atoms with Gasteiger partial charge in [-0.1, -0.05) is 11.2 Å². The third-order valence-electron chi connectivity index (χ3n) is 4.53. The summed E-state index contributed by atoms with van der Waals surface area (Å²) in [6.07, 6.45) is -3.29. The highest BCUT2D eigenvalue weighted by Gasteiger charge is 2.50. The third kappa shape index (κ3) is 5.03. The highest BCUT2D eigenvalue weighted by molar-refractivity contribution is 7.90. The smallest absolute Gasteiger partial charge is 0.361 e. The number of piperazine rings is 1. The Morgan fingerprint density at radius 1 is 1.10 bits per heavy atom. The second kappa shape index (κ2) is 8.43. The van der Waals surface area contributed by atoms with E-state index in [-0.39, 0.29) is 32.6 Å². The number of carbonyl (C=O) groups is 1. The molecule has 0 aliphatic carbocycles. The second-order valence-electron chi connectivity index (χ2n) is 6.55. The lowest BCUT2D eigenvalue weighted by Gasteiger charge is -2.34. The zero-order valence-corrected chi connectivity index (χ0v) is 17.2. The number of hydrogen-bond donors (Lipinski definition) is 0. The molecule has 1 fully saturated rings. The van der Waals surface area contributed by atoms with Crippen molar-refractivity contribution in [3.63, 3.8) is 0 Å². The van der Waals surface area contributed by atoms with Crippen molar-refractivity contribution < 1.29 is 44.4 Å². The fourth-order valence-corrected chi connectivity index (χ4v) is 5.00. The Morgan fingerprint density at radius 2 is 1.74 bits per heavy atom. The number of nitrogens with zero attached hydrogens (tertiary/aromatic N) is 3. The summed E-state index contributed by atoms with van der Waals surface area (Å²) < 4.78 is 99.6. The quantitative estimate of drug-likeness (QED) is 0.360. The number of rotatable bonds is 5. The van der Waals surface area contributed by atoms with Crippen LogP contribution < -0.4 is 4.90 Å². The van der Waals surface area contributed by atoms with Crippen molar-refractivity contribution in [2.75, 3.05) is 31.1 Å². The highest BCUT2D eigenvalue weighted by atomic mass is 32.2. The first-order valence-electron chi connectivity index (χ1n) is 8.78. The van der Waals surface area contributed by atoms with Crippen LogP contribution in [-0.4, -0.2) is 62.3 Å². The number of sulfonamides is 1. The second-order valence-corrected chi connectivity index (χ2v) is 9.63. The molecule has 0 N–H and O–H groups in total. The maximum Gasteiger partial charge on any atom is 0.511 e. The van der Waals surface area contributed by atoms with Gasteiger partial charge >= 0.3 is 27.7 Å². The molecule has 2 aliphatic heterocycles. The van der Waals surface area contributed by atoms with Crippen LogP contribution in [0.4, 0.5) is 31.3 Å². The van der Waals surface area contributed by atoms with Crippen molar-refractivity contribution in [1.82, 2.24) is 4.31 Å². The van der Waals surface area contributed by atoms with Gasteiger partial charge in [0.1, 0.15) is 0 Å². The van der Waals surface area contributed by atoms with Gasteiger partial charge in [0, 0.05) is 31.1 Å². The minimum atomic E-state index is -5.36. The van der Waals surface area contributed by atoms with Gasteiger partial charge < -0.3 is 9.74 Å². The molecule has 7 nitrogen and oxygen atoms in total. The number of hydrogen-bond acceptors (Lipinski definition) is 7. The van der Waals surface area contributed by atoms with Crippen LogP contribution >= 0.6 is 11.3 Å². The van der Waals surface area contributed by atoms with Gasteiger partial charge in [-0.3, -0.25) is 0 Å². The van der Waals surface area contributed by atoms with E-state index in [1.807, 2.05) is 0 Å². The zero-order chi connectivity index (χ0) is 23.0. The van der Waals surface area contributed by atoms with Crippen molar-refractivity contribution in [3.05, 3.63) is 28.7 Å². The molecule has 3 heterocycles. The minimum absolute atomic E-state index is 0.0660. The van der Waals surface area contributed by atoms with Crippen LogP contribution in [0.1, 0.15) is 11.3 Å². The summed E-state index contributed by atoms with van der Waals surface area (Å²) in [6.45, 7) is -0.501. The molecule has 15 heteroatoms. The van der Waals surface area contributed by atoms with E-state index in [2.05, 4.69) is 9.99 Å². The van der Waals surface area contributed by atoms with Gasteiger partial charge in [0.15, 0.2) is 5.71 Å². The average molecular weight is 491 g/mol. The number of anilines is 1. The van der Waals surface area contributed by atoms with Gasteiger partial charge in [-0.25, -0.2) is 13.2 Å². The molecule has 2 aliphatic rings. The van der Waals surface area contributed by atoms with Gasteiger partial charge in [-0.05, 0) is 25.0 Å². The van der Waals surface area contributed by atoms with Crippen LogP contribution in [-0.2, 0) is 26.1 Å². The molecule has 0 unspecified atom stereocenters. The molecule has 172 valence electrons. The molecule has 0 saturated carbocycles. The molecule has 1 aromatic rings. The van der Waals surface area contributed by atoms with Crippen LogP contribution in [0.25, 0.3) is 0 Å².